The Labute approximate surface area is 145 Å². The van der Waals surface area contributed by atoms with Crippen LogP contribution < -0.4 is 5.56 Å². The Hall–Kier alpha value is -2.54. The van der Waals surface area contributed by atoms with E-state index in [1.54, 1.807) is 16.7 Å². The first kappa shape index (κ1) is 16.0. The molecule has 130 valence electrons. The summed E-state index contributed by atoms with van der Waals surface area (Å²) >= 11 is 0. The van der Waals surface area contributed by atoms with Crippen LogP contribution in [0.2, 0.25) is 0 Å². The maximum atomic E-state index is 12.4. The number of aromatic nitrogens is 5. The van der Waals surface area contributed by atoms with Gasteiger partial charge in [0.15, 0.2) is 0 Å². The minimum atomic E-state index is -0.00530. The average Bonchev–Trinajstić information content (AvgIpc) is 3.08. The molecule has 4 rings (SSSR count). The van der Waals surface area contributed by atoms with E-state index in [-0.39, 0.29) is 5.56 Å². The van der Waals surface area contributed by atoms with Gasteiger partial charge in [-0.2, -0.15) is 0 Å². The predicted octanol–water partition coefficient (Wildman–Crippen LogP) is 1.51. The summed E-state index contributed by atoms with van der Waals surface area (Å²) in [7, 11) is 0. The summed E-state index contributed by atoms with van der Waals surface area (Å²) in [6.45, 7) is 5.57. The molecule has 1 atom stereocenters. The van der Waals surface area contributed by atoms with Crippen molar-refractivity contribution in [3.63, 3.8) is 0 Å². The molecule has 3 aromatic heterocycles. The van der Waals surface area contributed by atoms with Crippen molar-refractivity contribution in [2.45, 2.75) is 32.9 Å². The molecule has 1 saturated heterocycles. The van der Waals surface area contributed by atoms with Crippen LogP contribution in [0.4, 0.5) is 0 Å². The normalized spacial score (nSPS) is 18.7. The molecule has 7 nitrogen and oxygen atoms in total. The Balaban J connectivity index is 1.50. The topological polar surface area (TPSA) is 68.3 Å². The summed E-state index contributed by atoms with van der Waals surface area (Å²) in [4.78, 5) is 19.5. The number of likely N-dealkylation sites (tertiary alicyclic amines) is 1. The van der Waals surface area contributed by atoms with Crippen LogP contribution in [0, 0.1) is 12.8 Å². The quantitative estimate of drug-likeness (QED) is 0.721. The Morgan fingerprint density at radius 2 is 2.24 bits per heavy atom. The van der Waals surface area contributed by atoms with Crippen LogP contribution in [0.25, 0.3) is 5.65 Å². The predicted molar refractivity (Wildman–Crippen MR) is 94.2 cm³/mol. The summed E-state index contributed by atoms with van der Waals surface area (Å²) in [5.41, 5.74) is 2.47. The van der Waals surface area contributed by atoms with Gasteiger partial charge >= 0.3 is 0 Å². The molecule has 25 heavy (non-hydrogen) atoms. The lowest BCUT2D eigenvalue weighted by molar-refractivity contribution is 0.151. The summed E-state index contributed by atoms with van der Waals surface area (Å²) in [6.07, 6.45) is 5.98. The van der Waals surface area contributed by atoms with Gasteiger partial charge in [0.1, 0.15) is 5.65 Å². The van der Waals surface area contributed by atoms with Crippen molar-refractivity contribution in [3.8, 4) is 0 Å². The third-order valence-electron chi connectivity index (χ3n) is 4.84. The number of pyridine rings is 1. The maximum Gasteiger partial charge on any atom is 0.258 e. The van der Waals surface area contributed by atoms with Crippen LogP contribution in [-0.2, 0) is 13.1 Å². The molecule has 0 unspecified atom stereocenters. The number of rotatable bonds is 4. The molecule has 1 aliphatic rings. The van der Waals surface area contributed by atoms with E-state index in [0.717, 1.165) is 43.1 Å². The fourth-order valence-electron chi connectivity index (χ4n) is 3.71. The molecular weight excluding hydrogens is 316 g/mol. The molecule has 4 heterocycles. The number of nitrogens with zero attached hydrogens (tertiary/aromatic N) is 6. The van der Waals surface area contributed by atoms with E-state index in [9.17, 15) is 4.79 Å². The van der Waals surface area contributed by atoms with Gasteiger partial charge in [0.2, 0.25) is 0 Å². The van der Waals surface area contributed by atoms with E-state index >= 15 is 0 Å². The molecule has 0 amide bonds. The van der Waals surface area contributed by atoms with Gasteiger partial charge in [-0.3, -0.25) is 18.8 Å². The molecule has 0 N–H and O–H groups in total. The number of hydrogen-bond donors (Lipinski definition) is 0. The van der Waals surface area contributed by atoms with Crippen molar-refractivity contribution in [1.82, 2.24) is 29.3 Å². The smallest absolute Gasteiger partial charge is 0.258 e. The van der Waals surface area contributed by atoms with E-state index in [2.05, 4.69) is 20.2 Å². The van der Waals surface area contributed by atoms with Crippen molar-refractivity contribution in [2.24, 2.45) is 5.92 Å². The molecule has 0 radical (unpaired) electrons. The molecule has 1 fully saturated rings. The summed E-state index contributed by atoms with van der Waals surface area (Å²) in [5, 5.41) is 7.94. The standard InChI is InChI=1S/C18H22N6O/c1-14-4-2-6-17-20-16(10-18(25)24(14)17)13-22-8-3-5-15(11-22)12-23-9-7-19-21-23/h2,4,6-7,9-10,15H,3,5,8,11-13H2,1H3/t15-/m1/s1. The van der Waals surface area contributed by atoms with Crippen LogP contribution in [0.1, 0.15) is 24.2 Å². The van der Waals surface area contributed by atoms with Crippen LogP contribution in [0.5, 0.6) is 0 Å². The second-order valence-electron chi connectivity index (χ2n) is 6.81. The fourth-order valence-corrected chi connectivity index (χ4v) is 3.71. The van der Waals surface area contributed by atoms with Gasteiger partial charge in [-0.05, 0) is 44.4 Å². The van der Waals surface area contributed by atoms with Crippen LogP contribution in [0.15, 0.2) is 41.5 Å². The third kappa shape index (κ3) is 3.46. The third-order valence-corrected chi connectivity index (χ3v) is 4.84. The van der Waals surface area contributed by atoms with E-state index in [1.807, 2.05) is 36.0 Å². The number of hydrogen-bond acceptors (Lipinski definition) is 5. The van der Waals surface area contributed by atoms with E-state index in [1.165, 1.54) is 6.42 Å². The lowest BCUT2D eigenvalue weighted by Crippen LogP contribution is -2.37. The van der Waals surface area contributed by atoms with Crippen LogP contribution in [0.3, 0.4) is 0 Å². The highest BCUT2D eigenvalue weighted by Crippen LogP contribution is 2.19. The SMILES string of the molecule is Cc1cccc2nc(CN3CCC[C@@H](Cn4ccnn4)C3)cc(=O)n12. The fraction of sp³-hybridized carbons (Fsp3) is 0.444. The maximum absolute atomic E-state index is 12.4. The zero-order chi connectivity index (χ0) is 17.2. The monoisotopic (exact) mass is 338 g/mol. The largest absolute Gasteiger partial charge is 0.297 e. The number of piperidine rings is 1. The summed E-state index contributed by atoms with van der Waals surface area (Å²) < 4.78 is 3.56. The van der Waals surface area contributed by atoms with Gasteiger partial charge in [-0.25, -0.2) is 4.98 Å². The zero-order valence-electron chi connectivity index (χ0n) is 14.4. The molecule has 1 aliphatic heterocycles. The summed E-state index contributed by atoms with van der Waals surface area (Å²) in [5.74, 6) is 0.555. The highest BCUT2D eigenvalue weighted by atomic mass is 16.1. The van der Waals surface area contributed by atoms with Gasteiger partial charge < -0.3 is 0 Å². The molecule has 7 heteroatoms. The lowest BCUT2D eigenvalue weighted by Gasteiger charge is -2.32. The Kier molecular flexibility index (Phi) is 4.31. The van der Waals surface area contributed by atoms with Gasteiger partial charge in [0, 0.05) is 37.6 Å². The van der Waals surface area contributed by atoms with Gasteiger partial charge in [-0.15, -0.1) is 5.10 Å². The first-order valence-corrected chi connectivity index (χ1v) is 8.74. The first-order chi connectivity index (χ1) is 12.2. The van der Waals surface area contributed by atoms with Gasteiger partial charge in [-0.1, -0.05) is 11.3 Å². The molecule has 0 spiro atoms. The summed E-state index contributed by atoms with van der Waals surface area (Å²) in [6, 6.07) is 7.42. The molecular formula is C18H22N6O. The van der Waals surface area contributed by atoms with E-state index in [4.69, 9.17) is 0 Å². The Morgan fingerprint density at radius 1 is 1.32 bits per heavy atom. The zero-order valence-corrected chi connectivity index (χ0v) is 14.4. The Morgan fingerprint density at radius 3 is 3.08 bits per heavy atom. The minimum absolute atomic E-state index is 0.00530. The van der Waals surface area contributed by atoms with Crippen molar-refractivity contribution < 1.29 is 0 Å². The minimum Gasteiger partial charge on any atom is -0.297 e. The highest BCUT2D eigenvalue weighted by molar-refractivity contribution is 5.40. The van der Waals surface area contributed by atoms with Crippen molar-refractivity contribution in [2.75, 3.05) is 13.1 Å². The second kappa shape index (κ2) is 6.76. The van der Waals surface area contributed by atoms with E-state index < -0.39 is 0 Å². The van der Waals surface area contributed by atoms with Crippen LogP contribution in [-0.4, -0.2) is 42.4 Å². The molecule has 0 aromatic carbocycles. The lowest BCUT2D eigenvalue weighted by atomic mass is 9.98. The molecule has 0 bridgehead atoms. The Bertz CT molecular complexity index is 917. The van der Waals surface area contributed by atoms with Crippen molar-refractivity contribution in [1.29, 1.82) is 0 Å². The molecule has 0 saturated carbocycles. The number of fused-ring (bicyclic) bond motifs is 1. The average molecular weight is 338 g/mol. The molecule has 3 aromatic rings. The van der Waals surface area contributed by atoms with Gasteiger partial charge in [0.25, 0.3) is 5.56 Å². The van der Waals surface area contributed by atoms with Gasteiger partial charge in [0.05, 0.1) is 11.9 Å². The van der Waals surface area contributed by atoms with Crippen molar-refractivity contribution in [3.05, 3.63) is 58.4 Å². The van der Waals surface area contributed by atoms with E-state index in [0.29, 0.717) is 12.5 Å². The highest BCUT2D eigenvalue weighted by Gasteiger charge is 2.21. The second-order valence-corrected chi connectivity index (χ2v) is 6.81. The number of aryl methyl sites for hydroxylation is 1. The first-order valence-electron chi connectivity index (χ1n) is 8.74. The molecule has 0 aliphatic carbocycles. The van der Waals surface area contributed by atoms with Crippen molar-refractivity contribution >= 4 is 5.65 Å². The van der Waals surface area contributed by atoms with Crippen LogP contribution >= 0.6 is 0 Å².